The summed E-state index contributed by atoms with van der Waals surface area (Å²) < 4.78 is 63.1. The smallest absolute Gasteiger partial charge is 0.573 e. The molecule has 28 heavy (non-hydrogen) atoms. The number of alkyl halides is 3. The first-order valence-electron chi connectivity index (χ1n) is 7.85. The summed E-state index contributed by atoms with van der Waals surface area (Å²) >= 11 is -1.40. The monoisotopic (exact) mass is 408 g/mol. The van der Waals surface area contributed by atoms with Gasteiger partial charge in [-0.05, 0) is 35.9 Å². The van der Waals surface area contributed by atoms with Crippen LogP contribution in [0.4, 0.5) is 13.2 Å². The molecule has 1 unspecified atom stereocenters. The Labute approximate surface area is 159 Å². The van der Waals surface area contributed by atoms with Crippen LogP contribution < -0.4 is 4.74 Å². The highest BCUT2D eigenvalue weighted by molar-refractivity contribution is 7.90. The lowest BCUT2D eigenvalue weighted by Crippen LogP contribution is -2.16. The van der Waals surface area contributed by atoms with E-state index in [1.54, 1.807) is 18.2 Å². The number of rotatable bonds is 4. The molecule has 0 radical (unpaired) electrons. The van der Waals surface area contributed by atoms with E-state index in [0.29, 0.717) is 27.7 Å². The van der Waals surface area contributed by atoms with Crippen LogP contribution in [0.25, 0.3) is 33.6 Å². The topological polar surface area (TPSA) is 84.4 Å². The van der Waals surface area contributed by atoms with Gasteiger partial charge in [0.05, 0.1) is 6.26 Å². The third-order valence-electron chi connectivity index (χ3n) is 3.87. The number of hydrogen-bond donors (Lipinski definition) is 0. The van der Waals surface area contributed by atoms with Crippen molar-refractivity contribution in [3.05, 3.63) is 48.7 Å². The van der Waals surface area contributed by atoms with Crippen LogP contribution in [-0.4, -0.2) is 27.4 Å². The van der Waals surface area contributed by atoms with Gasteiger partial charge in [-0.3, -0.25) is 0 Å². The second-order valence-corrected chi connectivity index (χ2v) is 7.02. The van der Waals surface area contributed by atoms with Crippen molar-refractivity contribution in [2.75, 3.05) is 6.26 Å². The van der Waals surface area contributed by atoms with Crippen LogP contribution in [0.15, 0.2) is 62.8 Å². The van der Waals surface area contributed by atoms with E-state index in [1.165, 1.54) is 36.8 Å². The van der Waals surface area contributed by atoms with Gasteiger partial charge in [-0.15, -0.1) is 18.3 Å². The van der Waals surface area contributed by atoms with Gasteiger partial charge < -0.3 is 18.1 Å². The van der Waals surface area contributed by atoms with Gasteiger partial charge in [-0.2, -0.15) is 0 Å². The van der Waals surface area contributed by atoms with Gasteiger partial charge in [-0.1, -0.05) is 17.2 Å². The molecule has 0 fully saturated rings. The van der Waals surface area contributed by atoms with E-state index in [0.717, 1.165) is 0 Å². The number of aromatic nitrogens is 2. The van der Waals surface area contributed by atoms with Crippen molar-refractivity contribution in [3.63, 3.8) is 0 Å². The second-order valence-electron chi connectivity index (χ2n) is 5.76. The molecule has 0 aliphatic rings. The van der Waals surface area contributed by atoms with Crippen LogP contribution in [0.3, 0.4) is 0 Å². The minimum Gasteiger partial charge on any atom is -0.608 e. The second kappa shape index (κ2) is 6.88. The molecule has 2 aromatic carbocycles. The van der Waals surface area contributed by atoms with Crippen molar-refractivity contribution < 1.29 is 31.3 Å². The number of hydrogen-bond acceptors (Lipinski definition) is 6. The fraction of sp³-hybridized carbons (Fsp3) is 0.111. The summed E-state index contributed by atoms with van der Waals surface area (Å²) in [4.78, 5) is 0. The zero-order valence-electron chi connectivity index (χ0n) is 14.2. The standard InChI is InChI=1S/C18H11F3N2O4S/c1-28(24)17-23-22-16(26-17)11-4-7-15-13(8-11)14(9-25-15)10-2-5-12(6-3-10)27-18(19,20)21/h2-9H,1H3. The predicted molar refractivity (Wildman–Crippen MR) is 94.0 cm³/mol. The number of fused-ring (bicyclic) bond motifs is 1. The van der Waals surface area contributed by atoms with Gasteiger partial charge in [0.25, 0.3) is 5.89 Å². The summed E-state index contributed by atoms with van der Waals surface area (Å²) in [6, 6.07) is 10.6. The van der Waals surface area contributed by atoms with E-state index in [4.69, 9.17) is 8.83 Å². The molecule has 2 heterocycles. The highest BCUT2D eigenvalue weighted by Gasteiger charge is 2.31. The molecule has 144 valence electrons. The van der Waals surface area contributed by atoms with Crippen LogP contribution in [-0.2, 0) is 11.2 Å². The average molecular weight is 408 g/mol. The third-order valence-corrected chi connectivity index (χ3v) is 4.53. The molecule has 0 N–H and O–H groups in total. The molecule has 6 nitrogen and oxygen atoms in total. The maximum Gasteiger partial charge on any atom is 0.573 e. The van der Waals surface area contributed by atoms with Gasteiger partial charge in [0, 0.05) is 27.7 Å². The first-order chi connectivity index (χ1) is 13.3. The van der Waals surface area contributed by atoms with E-state index < -0.39 is 17.5 Å². The van der Waals surface area contributed by atoms with E-state index in [1.807, 2.05) is 0 Å². The summed E-state index contributed by atoms with van der Waals surface area (Å²) in [5, 5.41) is 8.34. The zero-order valence-corrected chi connectivity index (χ0v) is 15.0. The summed E-state index contributed by atoms with van der Waals surface area (Å²) in [5.41, 5.74) is 2.49. The maximum atomic E-state index is 12.3. The number of nitrogens with zero attached hydrogens (tertiary/aromatic N) is 2. The fourth-order valence-electron chi connectivity index (χ4n) is 2.66. The van der Waals surface area contributed by atoms with Crippen LogP contribution >= 0.6 is 0 Å². The molecule has 0 bridgehead atoms. The minimum atomic E-state index is -4.75. The highest BCUT2D eigenvalue weighted by Crippen LogP contribution is 2.35. The Morgan fingerprint density at radius 1 is 1.04 bits per heavy atom. The molecule has 10 heteroatoms. The molecule has 0 spiro atoms. The van der Waals surface area contributed by atoms with Crippen LogP contribution in [0.2, 0.25) is 0 Å². The van der Waals surface area contributed by atoms with Gasteiger partial charge in [-0.25, -0.2) is 0 Å². The molecule has 2 aromatic heterocycles. The Balaban J connectivity index is 1.70. The quantitative estimate of drug-likeness (QED) is 0.452. The third kappa shape index (κ3) is 3.69. The molecular weight excluding hydrogens is 397 g/mol. The van der Waals surface area contributed by atoms with E-state index in [9.17, 15) is 17.7 Å². The predicted octanol–water partition coefficient (Wildman–Crippen LogP) is 4.79. The Bertz CT molecular complexity index is 1120. The summed E-state index contributed by atoms with van der Waals surface area (Å²) in [5.74, 6) is -0.108. The number of ether oxygens (including phenoxy) is 1. The fourth-order valence-corrected chi connectivity index (χ4v) is 3.02. The van der Waals surface area contributed by atoms with E-state index in [-0.39, 0.29) is 16.9 Å². The lowest BCUT2D eigenvalue weighted by Gasteiger charge is -2.09. The van der Waals surface area contributed by atoms with Crippen molar-refractivity contribution in [2.45, 2.75) is 11.6 Å². The highest BCUT2D eigenvalue weighted by atomic mass is 32.2. The zero-order chi connectivity index (χ0) is 19.9. The van der Waals surface area contributed by atoms with E-state index in [2.05, 4.69) is 14.9 Å². The molecular formula is C18H11F3N2O4S. The maximum absolute atomic E-state index is 12.3. The van der Waals surface area contributed by atoms with Crippen molar-refractivity contribution in [1.29, 1.82) is 0 Å². The van der Waals surface area contributed by atoms with Crippen LogP contribution in [0, 0.1) is 0 Å². The normalized spacial score (nSPS) is 13.0. The van der Waals surface area contributed by atoms with E-state index >= 15 is 0 Å². The Kier molecular flexibility index (Phi) is 4.52. The average Bonchev–Trinajstić information content (AvgIpc) is 3.28. The molecule has 0 saturated carbocycles. The lowest BCUT2D eigenvalue weighted by atomic mass is 10.0. The van der Waals surface area contributed by atoms with Crippen LogP contribution in [0.1, 0.15) is 0 Å². The Morgan fingerprint density at radius 3 is 2.39 bits per heavy atom. The summed E-state index contributed by atoms with van der Waals surface area (Å²) in [7, 11) is 0. The molecule has 4 aromatic rings. The Morgan fingerprint density at radius 2 is 1.75 bits per heavy atom. The van der Waals surface area contributed by atoms with Gasteiger partial charge in [0.2, 0.25) is 0 Å². The first-order valence-corrected chi connectivity index (χ1v) is 9.41. The molecule has 0 amide bonds. The van der Waals surface area contributed by atoms with Crippen molar-refractivity contribution >= 4 is 22.1 Å². The number of furan rings is 1. The van der Waals surface area contributed by atoms with Crippen molar-refractivity contribution in [1.82, 2.24) is 10.2 Å². The minimum absolute atomic E-state index is 0.0165. The molecule has 0 aliphatic heterocycles. The van der Waals surface area contributed by atoms with Gasteiger partial charge in [0.15, 0.2) is 0 Å². The van der Waals surface area contributed by atoms with Crippen molar-refractivity contribution in [2.24, 2.45) is 0 Å². The number of benzene rings is 2. The largest absolute Gasteiger partial charge is 0.608 e. The summed E-state index contributed by atoms with van der Waals surface area (Å²) in [6.45, 7) is 0. The molecule has 0 aliphatic carbocycles. The van der Waals surface area contributed by atoms with Gasteiger partial charge >= 0.3 is 11.6 Å². The molecule has 1 atom stereocenters. The van der Waals surface area contributed by atoms with Gasteiger partial charge in [0.1, 0.15) is 17.6 Å². The van der Waals surface area contributed by atoms with Crippen LogP contribution in [0.5, 0.6) is 5.75 Å². The summed E-state index contributed by atoms with van der Waals surface area (Å²) in [6.07, 6.45) is -1.81. The molecule has 4 rings (SSSR count). The molecule has 0 saturated heterocycles. The van der Waals surface area contributed by atoms with Crippen molar-refractivity contribution in [3.8, 4) is 28.3 Å². The SMILES string of the molecule is C[S+]([O-])c1nnc(-c2ccc3occ(-c4ccc(OC(F)(F)F)cc4)c3c2)o1. The number of halogens is 3. The lowest BCUT2D eigenvalue weighted by molar-refractivity contribution is -0.274. The Hall–Kier alpha value is -2.98. The first kappa shape index (κ1) is 18.4.